The molecule has 0 radical (unpaired) electrons. The van der Waals surface area contributed by atoms with Crippen molar-refractivity contribution < 1.29 is 4.79 Å². The van der Waals surface area contributed by atoms with Crippen LogP contribution in [0.1, 0.15) is 40.5 Å². The Labute approximate surface area is 158 Å². The highest BCUT2D eigenvalue weighted by molar-refractivity contribution is 7.18. The molecule has 1 aliphatic rings. The Morgan fingerprint density at radius 2 is 1.92 bits per heavy atom. The lowest BCUT2D eigenvalue weighted by Crippen LogP contribution is -2.38. The number of rotatable bonds is 3. The Morgan fingerprint density at radius 1 is 1.15 bits per heavy atom. The Bertz CT molecular complexity index is 905. The summed E-state index contributed by atoms with van der Waals surface area (Å²) >= 11 is 1.80. The highest BCUT2D eigenvalue weighted by Gasteiger charge is 2.26. The minimum Gasteiger partial charge on any atom is -0.342 e. The molecule has 3 nitrogen and oxygen atoms in total. The third-order valence-corrected chi connectivity index (χ3v) is 6.55. The summed E-state index contributed by atoms with van der Waals surface area (Å²) in [6.45, 7) is 5.86. The maximum Gasteiger partial charge on any atom is 0.226 e. The lowest BCUT2D eigenvalue weighted by Gasteiger charge is -2.31. The number of carbonyl (C=O) groups is 1. The average molecular weight is 365 g/mol. The Balaban J connectivity index is 1.39. The van der Waals surface area contributed by atoms with E-state index in [2.05, 4.69) is 50.2 Å². The minimum absolute atomic E-state index is 0.250. The van der Waals surface area contributed by atoms with E-state index in [1.165, 1.54) is 20.8 Å². The van der Waals surface area contributed by atoms with E-state index in [-0.39, 0.29) is 5.91 Å². The number of para-hydroxylation sites is 1. The van der Waals surface area contributed by atoms with Crippen LogP contribution in [0.5, 0.6) is 0 Å². The van der Waals surface area contributed by atoms with Gasteiger partial charge in [-0.1, -0.05) is 35.9 Å². The second kappa shape index (κ2) is 7.20. The number of hydrogen-bond acceptors (Lipinski definition) is 3. The summed E-state index contributed by atoms with van der Waals surface area (Å²) in [4.78, 5) is 19.5. The fourth-order valence-electron chi connectivity index (χ4n) is 3.76. The molecular weight excluding hydrogens is 340 g/mol. The SMILES string of the molecule is Cc1ccc(CC(=O)N2CCC(c3nc4ccccc4s3)CC2)c(C)c1. The van der Waals surface area contributed by atoms with Gasteiger partial charge in [-0.15, -0.1) is 11.3 Å². The van der Waals surface area contributed by atoms with Crippen molar-refractivity contribution in [2.75, 3.05) is 13.1 Å². The first-order chi connectivity index (χ1) is 12.6. The number of aromatic nitrogens is 1. The standard InChI is InChI=1S/C22H24N2OS/c1-15-7-8-18(16(2)13-15)14-21(25)24-11-9-17(10-12-24)22-23-19-5-3-4-6-20(19)26-22/h3-8,13,17H,9-12,14H2,1-2H3. The summed E-state index contributed by atoms with van der Waals surface area (Å²) in [7, 11) is 0. The molecule has 2 aromatic carbocycles. The fraction of sp³-hybridized carbons (Fsp3) is 0.364. The number of aryl methyl sites for hydroxylation is 2. The van der Waals surface area contributed by atoms with Crippen LogP contribution in [0.25, 0.3) is 10.2 Å². The van der Waals surface area contributed by atoms with Crippen LogP contribution in [0.4, 0.5) is 0 Å². The number of fused-ring (bicyclic) bond motifs is 1. The van der Waals surface area contributed by atoms with E-state index in [9.17, 15) is 4.79 Å². The minimum atomic E-state index is 0.250. The topological polar surface area (TPSA) is 33.2 Å². The molecule has 4 rings (SSSR count). The van der Waals surface area contributed by atoms with E-state index in [4.69, 9.17) is 4.98 Å². The van der Waals surface area contributed by atoms with Crippen molar-refractivity contribution in [3.05, 3.63) is 64.2 Å². The van der Waals surface area contributed by atoms with Gasteiger partial charge >= 0.3 is 0 Å². The zero-order valence-corrected chi connectivity index (χ0v) is 16.2. The predicted octanol–water partition coefficient (Wildman–Crippen LogP) is 4.86. The van der Waals surface area contributed by atoms with Gasteiger partial charge in [0.15, 0.2) is 0 Å². The molecule has 0 spiro atoms. The zero-order chi connectivity index (χ0) is 18.1. The van der Waals surface area contributed by atoms with Gasteiger partial charge in [0, 0.05) is 19.0 Å². The molecule has 1 aliphatic heterocycles. The van der Waals surface area contributed by atoms with Crippen molar-refractivity contribution >= 4 is 27.5 Å². The molecule has 0 aliphatic carbocycles. The molecular formula is C22H24N2OS. The molecule has 0 unspecified atom stereocenters. The number of carbonyl (C=O) groups excluding carboxylic acids is 1. The second-order valence-corrected chi connectivity index (χ2v) is 8.34. The summed E-state index contributed by atoms with van der Waals surface area (Å²) in [6, 6.07) is 14.7. The third kappa shape index (κ3) is 3.51. The van der Waals surface area contributed by atoms with Gasteiger partial charge in [0.05, 0.1) is 21.6 Å². The van der Waals surface area contributed by atoms with Crippen LogP contribution in [0.15, 0.2) is 42.5 Å². The van der Waals surface area contributed by atoms with E-state index in [0.29, 0.717) is 12.3 Å². The maximum atomic E-state index is 12.7. The molecule has 3 aromatic rings. The van der Waals surface area contributed by atoms with E-state index >= 15 is 0 Å². The van der Waals surface area contributed by atoms with Crippen LogP contribution in [0.2, 0.25) is 0 Å². The summed E-state index contributed by atoms with van der Waals surface area (Å²) in [6.07, 6.45) is 2.54. The molecule has 1 saturated heterocycles. The summed E-state index contributed by atoms with van der Waals surface area (Å²) in [5.41, 5.74) is 4.70. The predicted molar refractivity (Wildman–Crippen MR) is 108 cm³/mol. The Kier molecular flexibility index (Phi) is 4.77. The first-order valence-electron chi connectivity index (χ1n) is 9.29. The molecule has 26 heavy (non-hydrogen) atoms. The number of amides is 1. The quantitative estimate of drug-likeness (QED) is 0.665. The van der Waals surface area contributed by atoms with E-state index < -0.39 is 0 Å². The van der Waals surface area contributed by atoms with Gasteiger partial charge in [-0.05, 0) is 49.9 Å². The monoisotopic (exact) mass is 364 g/mol. The van der Waals surface area contributed by atoms with Gasteiger partial charge in [0.25, 0.3) is 0 Å². The van der Waals surface area contributed by atoms with Crippen LogP contribution in [-0.4, -0.2) is 28.9 Å². The summed E-state index contributed by atoms with van der Waals surface area (Å²) in [5.74, 6) is 0.734. The fourth-order valence-corrected chi connectivity index (χ4v) is 4.90. The van der Waals surface area contributed by atoms with Crippen molar-refractivity contribution in [2.45, 2.75) is 39.0 Å². The highest BCUT2D eigenvalue weighted by Crippen LogP contribution is 2.33. The van der Waals surface area contributed by atoms with Crippen LogP contribution in [0, 0.1) is 13.8 Å². The average Bonchev–Trinajstić information content (AvgIpc) is 3.08. The van der Waals surface area contributed by atoms with Crippen LogP contribution in [-0.2, 0) is 11.2 Å². The van der Waals surface area contributed by atoms with Crippen molar-refractivity contribution in [2.24, 2.45) is 0 Å². The normalized spacial score (nSPS) is 15.5. The van der Waals surface area contributed by atoms with E-state index in [0.717, 1.165) is 37.0 Å². The molecule has 0 bridgehead atoms. The van der Waals surface area contributed by atoms with Crippen LogP contribution in [0.3, 0.4) is 0 Å². The van der Waals surface area contributed by atoms with Gasteiger partial charge in [0.2, 0.25) is 5.91 Å². The number of likely N-dealkylation sites (tertiary alicyclic amines) is 1. The summed E-state index contributed by atoms with van der Waals surface area (Å²) in [5, 5.41) is 1.23. The highest BCUT2D eigenvalue weighted by atomic mass is 32.1. The Morgan fingerprint density at radius 3 is 2.65 bits per heavy atom. The van der Waals surface area contributed by atoms with Gasteiger partial charge in [-0.2, -0.15) is 0 Å². The third-order valence-electron chi connectivity index (χ3n) is 5.35. The molecule has 0 saturated carbocycles. The van der Waals surface area contributed by atoms with E-state index in [1.807, 2.05) is 11.0 Å². The van der Waals surface area contributed by atoms with Crippen molar-refractivity contribution in [3.8, 4) is 0 Å². The van der Waals surface area contributed by atoms with Crippen molar-refractivity contribution in [1.82, 2.24) is 9.88 Å². The molecule has 1 amide bonds. The lowest BCUT2D eigenvalue weighted by molar-refractivity contribution is -0.131. The van der Waals surface area contributed by atoms with Gasteiger partial charge < -0.3 is 4.90 Å². The number of hydrogen-bond donors (Lipinski definition) is 0. The molecule has 1 fully saturated rings. The number of benzene rings is 2. The molecule has 4 heteroatoms. The number of thiazole rings is 1. The smallest absolute Gasteiger partial charge is 0.226 e. The number of piperidine rings is 1. The lowest BCUT2D eigenvalue weighted by atomic mass is 9.96. The molecule has 134 valence electrons. The summed E-state index contributed by atoms with van der Waals surface area (Å²) < 4.78 is 1.26. The molecule has 2 heterocycles. The number of nitrogens with zero attached hydrogens (tertiary/aromatic N) is 2. The van der Waals surface area contributed by atoms with Crippen molar-refractivity contribution in [1.29, 1.82) is 0 Å². The van der Waals surface area contributed by atoms with E-state index in [1.54, 1.807) is 11.3 Å². The van der Waals surface area contributed by atoms with Crippen LogP contribution >= 0.6 is 11.3 Å². The van der Waals surface area contributed by atoms with Gasteiger partial charge in [-0.25, -0.2) is 4.98 Å². The molecule has 1 aromatic heterocycles. The van der Waals surface area contributed by atoms with Gasteiger partial charge in [-0.3, -0.25) is 4.79 Å². The van der Waals surface area contributed by atoms with Crippen LogP contribution < -0.4 is 0 Å². The maximum absolute atomic E-state index is 12.7. The second-order valence-electron chi connectivity index (χ2n) is 7.28. The zero-order valence-electron chi connectivity index (χ0n) is 15.4. The molecule has 0 N–H and O–H groups in total. The Hall–Kier alpha value is -2.20. The first kappa shape index (κ1) is 17.2. The van der Waals surface area contributed by atoms with Gasteiger partial charge in [0.1, 0.15) is 0 Å². The molecule has 0 atom stereocenters. The largest absolute Gasteiger partial charge is 0.342 e. The first-order valence-corrected chi connectivity index (χ1v) is 10.1. The van der Waals surface area contributed by atoms with Crippen molar-refractivity contribution in [3.63, 3.8) is 0 Å².